The highest BCUT2D eigenvalue weighted by Gasteiger charge is 2.22. The van der Waals surface area contributed by atoms with Crippen molar-refractivity contribution in [3.63, 3.8) is 0 Å². The summed E-state index contributed by atoms with van der Waals surface area (Å²) in [6, 6.07) is -0.0544. The maximum Gasteiger partial charge on any atom is 0.243 e. The number of rotatable bonds is 2. The van der Waals surface area contributed by atoms with Gasteiger partial charge in [0.1, 0.15) is 0 Å². The highest BCUT2D eigenvalue weighted by atomic mass is 16.3. The van der Waals surface area contributed by atoms with E-state index in [1.165, 1.54) is 6.08 Å². The average Bonchev–Trinajstić information content (AvgIpc) is 2.33. The maximum absolute atomic E-state index is 11.3. The van der Waals surface area contributed by atoms with Crippen LogP contribution in [0.2, 0.25) is 0 Å². The van der Waals surface area contributed by atoms with Crippen LogP contribution in [-0.2, 0) is 4.79 Å². The molecule has 14 heavy (non-hydrogen) atoms. The molecule has 0 aromatic rings. The molecular weight excluding hydrogens is 178 g/mol. The van der Waals surface area contributed by atoms with Gasteiger partial charge in [-0.3, -0.25) is 4.79 Å². The Balaban J connectivity index is 2.44. The Kier molecular flexibility index (Phi) is 4.66. The first-order chi connectivity index (χ1) is 6.74. The van der Waals surface area contributed by atoms with Gasteiger partial charge < -0.3 is 10.4 Å². The predicted molar refractivity (Wildman–Crippen MR) is 55.8 cm³/mol. The zero-order valence-electron chi connectivity index (χ0n) is 8.70. The molecule has 80 valence electrons. The first-order valence-corrected chi connectivity index (χ1v) is 5.35. The van der Waals surface area contributed by atoms with Crippen LogP contribution >= 0.6 is 0 Å². The lowest BCUT2D eigenvalue weighted by molar-refractivity contribution is -0.118. The molecule has 0 aromatic carbocycles. The summed E-state index contributed by atoms with van der Waals surface area (Å²) < 4.78 is 0. The number of carbonyl (C=O) groups is 1. The lowest BCUT2D eigenvalue weighted by Gasteiger charge is -2.20. The van der Waals surface area contributed by atoms with Crippen molar-refractivity contribution in [1.82, 2.24) is 5.32 Å². The van der Waals surface area contributed by atoms with Crippen LogP contribution in [0.25, 0.3) is 0 Å². The van der Waals surface area contributed by atoms with Crippen LogP contribution < -0.4 is 5.32 Å². The molecule has 1 rings (SSSR count). The van der Waals surface area contributed by atoms with Crippen LogP contribution in [-0.4, -0.2) is 23.2 Å². The molecule has 1 amide bonds. The number of nitrogens with one attached hydrogen (secondary N) is 1. The molecule has 1 aliphatic rings. The molecule has 0 aliphatic heterocycles. The zero-order chi connectivity index (χ0) is 10.4. The Morgan fingerprint density at radius 3 is 2.79 bits per heavy atom. The summed E-state index contributed by atoms with van der Waals surface area (Å²) >= 11 is 0. The maximum atomic E-state index is 11.3. The molecule has 2 N–H and O–H groups in total. The molecule has 2 atom stereocenters. The number of allylic oxidation sites excluding steroid dienone is 1. The molecular formula is C11H19NO2. The summed E-state index contributed by atoms with van der Waals surface area (Å²) in [7, 11) is 0. The standard InChI is InChI=1S/C11H19NO2/c1-2-6-11(14)12-9-7-4-3-5-8-10(9)13/h2,6,9-10,13H,3-5,7-8H2,1H3,(H,12,14)/b6-2+. The molecule has 0 saturated heterocycles. The third-order valence-electron chi connectivity index (χ3n) is 2.63. The molecule has 3 heteroatoms. The quantitative estimate of drug-likeness (QED) is 0.519. The van der Waals surface area contributed by atoms with Crippen LogP contribution in [0, 0.1) is 0 Å². The average molecular weight is 197 g/mol. The molecule has 3 nitrogen and oxygen atoms in total. The van der Waals surface area contributed by atoms with Crippen LogP contribution in [0.5, 0.6) is 0 Å². The number of amides is 1. The summed E-state index contributed by atoms with van der Waals surface area (Å²) in [6.45, 7) is 1.81. The predicted octanol–water partition coefficient (Wildman–Crippen LogP) is 1.37. The highest BCUT2D eigenvalue weighted by Crippen LogP contribution is 2.17. The smallest absolute Gasteiger partial charge is 0.243 e. The fraction of sp³-hybridized carbons (Fsp3) is 0.727. The van der Waals surface area contributed by atoms with Crippen LogP contribution in [0.4, 0.5) is 0 Å². The van der Waals surface area contributed by atoms with Crippen molar-refractivity contribution in [3.05, 3.63) is 12.2 Å². The van der Waals surface area contributed by atoms with Crippen LogP contribution in [0.3, 0.4) is 0 Å². The van der Waals surface area contributed by atoms with Gasteiger partial charge in [-0.2, -0.15) is 0 Å². The molecule has 1 aliphatic carbocycles. The molecule has 0 bridgehead atoms. The van der Waals surface area contributed by atoms with Crippen LogP contribution in [0.1, 0.15) is 39.0 Å². The molecule has 0 radical (unpaired) electrons. The SMILES string of the molecule is C/C=C/C(=O)NC1CCCCCC1O. The molecule has 1 saturated carbocycles. The third kappa shape index (κ3) is 3.50. The molecule has 2 unspecified atom stereocenters. The Morgan fingerprint density at radius 2 is 2.07 bits per heavy atom. The minimum Gasteiger partial charge on any atom is -0.391 e. The summed E-state index contributed by atoms with van der Waals surface area (Å²) in [5.74, 6) is -0.0987. The molecule has 1 fully saturated rings. The third-order valence-corrected chi connectivity index (χ3v) is 2.63. The van der Waals surface area contributed by atoms with Crippen molar-refractivity contribution in [2.75, 3.05) is 0 Å². The molecule has 0 aromatic heterocycles. The second kappa shape index (κ2) is 5.81. The summed E-state index contributed by atoms with van der Waals surface area (Å²) in [5.41, 5.74) is 0. The summed E-state index contributed by atoms with van der Waals surface area (Å²) in [6.07, 6.45) is 7.86. The normalized spacial score (nSPS) is 28.7. The van der Waals surface area contributed by atoms with Crippen molar-refractivity contribution in [1.29, 1.82) is 0 Å². The van der Waals surface area contributed by atoms with E-state index in [9.17, 15) is 9.90 Å². The number of carbonyl (C=O) groups excluding carboxylic acids is 1. The van der Waals surface area contributed by atoms with E-state index in [1.807, 2.05) is 6.92 Å². The fourth-order valence-corrected chi connectivity index (χ4v) is 1.84. The largest absolute Gasteiger partial charge is 0.391 e. The lowest BCUT2D eigenvalue weighted by atomic mass is 10.1. The molecule has 0 spiro atoms. The van der Waals surface area contributed by atoms with E-state index < -0.39 is 0 Å². The van der Waals surface area contributed by atoms with Crippen molar-refractivity contribution in [2.45, 2.75) is 51.2 Å². The van der Waals surface area contributed by atoms with E-state index in [-0.39, 0.29) is 18.1 Å². The summed E-state index contributed by atoms with van der Waals surface area (Å²) in [5, 5.41) is 12.6. The van der Waals surface area contributed by atoms with Crippen molar-refractivity contribution >= 4 is 5.91 Å². The van der Waals surface area contributed by atoms with Gasteiger partial charge in [0, 0.05) is 0 Å². The second-order valence-corrected chi connectivity index (χ2v) is 3.82. The van der Waals surface area contributed by atoms with Gasteiger partial charge in [-0.25, -0.2) is 0 Å². The lowest BCUT2D eigenvalue weighted by Crippen LogP contribution is -2.41. The number of aliphatic hydroxyl groups excluding tert-OH is 1. The van der Waals surface area contributed by atoms with Crippen molar-refractivity contribution in [2.24, 2.45) is 0 Å². The van der Waals surface area contributed by atoms with E-state index in [2.05, 4.69) is 5.32 Å². The van der Waals surface area contributed by atoms with Crippen LogP contribution in [0.15, 0.2) is 12.2 Å². The van der Waals surface area contributed by atoms with E-state index >= 15 is 0 Å². The Labute approximate surface area is 85.2 Å². The van der Waals surface area contributed by atoms with Gasteiger partial charge >= 0.3 is 0 Å². The number of aliphatic hydroxyl groups is 1. The zero-order valence-corrected chi connectivity index (χ0v) is 8.70. The number of hydrogen-bond acceptors (Lipinski definition) is 2. The van der Waals surface area contributed by atoms with Gasteiger partial charge in [0.05, 0.1) is 12.1 Å². The van der Waals surface area contributed by atoms with Gasteiger partial charge in [-0.05, 0) is 25.8 Å². The minimum absolute atomic E-state index is 0.0544. The summed E-state index contributed by atoms with van der Waals surface area (Å²) in [4.78, 5) is 11.3. The Morgan fingerprint density at radius 1 is 1.36 bits per heavy atom. The topological polar surface area (TPSA) is 49.3 Å². The molecule has 0 heterocycles. The van der Waals surface area contributed by atoms with Gasteiger partial charge in [-0.1, -0.05) is 25.3 Å². The second-order valence-electron chi connectivity index (χ2n) is 3.82. The van der Waals surface area contributed by atoms with Crippen molar-refractivity contribution in [3.8, 4) is 0 Å². The monoisotopic (exact) mass is 197 g/mol. The first-order valence-electron chi connectivity index (χ1n) is 5.35. The van der Waals surface area contributed by atoms with E-state index in [0.717, 1.165) is 32.1 Å². The Hall–Kier alpha value is -0.830. The van der Waals surface area contributed by atoms with Gasteiger partial charge in [0.2, 0.25) is 5.91 Å². The van der Waals surface area contributed by atoms with Gasteiger partial charge in [0.25, 0.3) is 0 Å². The highest BCUT2D eigenvalue weighted by molar-refractivity contribution is 5.87. The van der Waals surface area contributed by atoms with Gasteiger partial charge in [-0.15, -0.1) is 0 Å². The van der Waals surface area contributed by atoms with Gasteiger partial charge in [0.15, 0.2) is 0 Å². The minimum atomic E-state index is -0.369. The van der Waals surface area contributed by atoms with Crippen molar-refractivity contribution < 1.29 is 9.90 Å². The fourth-order valence-electron chi connectivity index (χ4n) is 1.84. The number of hydrogen-bond donors (Lipinski definition) is 2. The van der Waals surface area contributed by atoms with E-state index in [1.54, 1.807) is 6.08 Å². The van der Waals surface area contributed by atoms with E-state index in [0.29, 0.717) is 0 Å². The first kappa shape index (κ1) is 11.2. The van der Waals surface area contributed by atoms with E-state index in [4.69, 9.17) is 0 Å². The Bertz CT molecular complexity index is 213.